The van der Waals surface area contributed by atoms with E-state index >= 15 is 0 Å². The van der Waals surface area contributed by atoms with Crippen LogP contribution in [0.1, 0.15) is 47.8 Å². The van der Waals surface area contributed by atoms with E-state index in [1.165, 1.54) is 13.8 Å². The van der Waals surface area contributed by atoms with Gasteiger partial charge in [-0.1, -0.05) is 6.07 Å². The zero-order valence-corrected chi connectivity index (χ0v) is 25.1. The highest BCUT2D eigenvalue weighted by atomic mass is 19.4. The van der Waals surface area contributed by atoms with Crippen molar-refractivity contribution in [2.45, 2.75) is 51.1 Å². The summed E-state index contributed by atoms with van der Waals surface area (Å²) in [5.41, 5.74) is -5.47. The van der Waals surface area contributed by atoms with Gasteiger partial charge in [0.05, 0.1) is 43.0 Å². The highest BCUT2D eigenvalue weighted by Gasteiger charge is 2.44. The van der Waals surface area contributed by atoms with Gasteiger partial charge < -0.3 is 18.9 Å². The Morgan fingerprint density at radius 3 is 1.98 bits per heavy atom. The van der Waals surface area contributed by atoms with Gasteiger partial charge in [-0.3, -0.25) is 4.90 Å². The second-order valence-corrected chi connectivity index (χ2v) is 10.5. The summed E-state index contributed by atoms with van der Waals surface area (Å²) >= 11 is 0. The molecule has 0 unspecified atom stereocenters. The molecule has 3 aromatic rings. The van der Waals surface area contributed by atoms with E-state index in [1.54, 1.807) is 0 Å². The summed E-state index contributed by atoms with van der Waals surface area (Å²) in [5.74, 6) is -2.56. The van der Waals surface area contributed by atoms with Gasteiger partial charge in [-0.25, -0.2) is 14.0 Å². The first kappa shape index (κ1) is 36.1. The molecule has 0 spiro atoms. The molecule has 0 N–H and O–H groups in total. The maximum Gasteiger partial charge on any atom is 0.416 e. The highest BCUT2D eigenvalue weighted by molar-refractivity contribution is 5.77. The Morgan fingerprint density at radius 1 is 0.833 bits per heavy atom. The molecule has 4 rings (SSSR count). The standard InChI is InChI=1S/C31H25F10NO6/c1-4-46-26(43)14-47-25-11-22(24(45-3)12-23(25)32)21-6-5-18(29(33,34)35)9-17(21)13-42-15(2)27(48-28(42)44)16-7-19(30(36,37)38)10-20(8-16)31(39,40)41/h5-12,15,27H,4,13-14H2,1-3H3/t15-,27-/m0/s1. The van der Waals surface area contributed by atoms with Crippen LogP contribution in [0, 0.1) is 5.82 Å². The van der Waals surface area contributed by atoms with Crippen LogP contribution in [-0.2, 0) is 39.3 Å². The summed E-state index contributed by atoms with van der Waals surface area (Å²) < 4.78 is 157. The SMILES string of the molecule is CCOC(=O)COc1cc(-c2ccc(C(F)(F)F)cc2CN2C(=O)O[C@H](c3cc(C(F)(F)F)cc(C(F)(F)F)c3)[C@@H]2C)c(OC)cc1F. The van der Waals surface area contributed by atoms with Crippen molar-refractivity contribution in [2.24, 2.45) is 0 Å². The number of halogens is 10. The topological polar surface area (TPSA) is 74.3 Å². The summed E-state index contributed by atoms with van der Waals surface area (Å²) in [6.45, 7) is 1.34. The molecule has 48 heavy (non-hydrogen) atoms. The van der Waals surface area contributed by atoms with E-state index in [9.17, 15) is 53.5 Å². The van der Waals surface area contributed by atoms with Gasteiger partial charge in [0, 0.05) is 11.6 Å². The number of methoxy groups -OCH3 is 1. The third kappa shape index (κ3) is 7.87. The summed E-state index contributed by atoms with van der Waals surface area (Å²) in [6, 6.07) is 3.62. The number of carbonyl (C=O) groups is 2. The van der Waals surface area contributed by atoms with E-state index in [4.69, 9.17) is 18.9 Å². The van der Waals surface area contributed by atoms with Gasteiger partial charge in [0.1, 0.15) is 11.9 Å². The van der Waals surface area contributed by atoms with Crippen LogP contribution in [0.25, 0.3) is 11.1 Å². The van der Waals surface area contributed by atoms with Crippen LogP contribution in [0.4, 0.5) is 48.7 Å². The maximum atomic E-state index is 14.8. The third-order valence-electron chi connectivity index (χ3n) is 7.30. The van der Waals surface area contributed by atoms with Crippen molar-refractivity contribution < 1.29 is 72.4 Å². The first-order valence-corrected chi connectivity index (χ1v) is 13.9. The fourth-order valence-electron chi connectivity index (χ4n) is 5.01. The summed E-state index contributed by atoms with van der Waals surface area (Å²) in [4.78, 5) is 25.6. The Morgan fingerprint density at radius 2 is 1.44 bits per heavy atom. The summed E-state index contributed by atoms with van der Waals surface area (Å²) in [7, 11) is 1.13. The third-order valence-corrected chi connectivity index (χ3v) is 7.30. The first-order chi connectivity index (χ1) is 22.2. The van der Waals surface area contributed by atoms with E-state index in [0.717, 1.165) is 30.2 Å². The average molecular weight is 698 g/mol. The van der Waals surface area contributed by atoms with Crippen molar-refractivity contribution in [2.75, 3.05) is 20.3 Å². The minimum absolute atomic E-state index is 0.00290. The number of benzene rings is 3. The number of amides is 1. The minimum atomic E-state index is -5.19. The number of alkyl halides is 9. The Labute approximate surface area is 265 Å². The summed E-state index contributed by atoms with van der Waals surface area (Å²) in [5, 5.41) is 0. The molecular formula is C31H25F10NO6. The molecule has 0 radical (unpaired) electrons. The van der Waals surface area contributed by atoms with Crippen molar-refractivity contribution in [3.05, 3.63) is 82.2 Å². The highest BCUT2D eigenvalue weighted by Crippen LogP contribution is 2.43. The van der Waals surface area contributed by atoms with Crippen LogP contribution >= 0.6 is 0 Å². The number of rotatable bonds is 9. The van der Waals surface area contributed by atoms with Gasteiger partial charge in [-0.15, -0.1) is 0 Å². The molecule has 3 aromatic carbocycles. The largest absolute Gasteiger partial charge is 0.496 e. The lowest BCUT2D eigenvalue weighted by atomic mass is 9.94. The maximum absolute atomic E-state index is 14.8. The molecule has 0 saturated carbocycles. The Balaban J connectivity index is 1.78. The Kier molecular flexibility index (Phi) is 10.1. The molecule has 1 heterocycles. The van der Waals surface area contributed by atoms with Crippen molar-refractivity contribution in [1.29, 1.82) is 0 Å². The van der Waals surface area contributed by atoms with Crippen LogP contribution in [0.5, 0.6) is 11.5 Å². The van der Waals surface area contributed by atoms with Gasteiger partial charge in [0.2, 0.25) is 0 Å². The van der Waals surface area contributed by atoms with Crippen LogP contribution in [0.2, 0.25) is 0 Å². The molecule has 17 heteroatoms. The first-order valence-electron chi connectivity index (χ1n) is 13.9. The predicted molar refractivity (Wildman–Crippen MR) is 146 cm³/mol. The molecule has 1 aliphatic rings. The molecule has 260 valence electrons. The van der Waals surface area contributed by atoms with Gasteiger partial charge in [-0.2, -0.15) is 39.5 Å². The Bertz CT molecular complexity index is 1650. The molecule has 0 bridgehead atoms. The molecule has 1 aliphatic heterocycles. The van der Waals surface area contributed by atoms with Crippen LogP contribution in [0.3, 0.4) is 0 Å². The van der Waals surface area contributed by atoms with Crippen molar-refractivity contribution >= 4 is 12.1 Å². The van der Waals surface area contributed by atoms with Gasteiger partial charge in [-0.05, 0) is 66.9 Å². The smallest absolute Gasteiger partial charge is 0.416 e. The molecule has 1 amide bonds. The molecule has 7 nitrogen and oxygen atoms in total. The van der Waals surface area contributed by atoms with Crippen molar-refractivity contribution in [3.8, 4) is 22.6 Å². The summed E-state index contributed by atoms with van der Waals surface area (Å²) in [6.07, 6.45) is -18.2. The monoisotopic (exact) mass is 697 g/mol. The number of cyclic esters (lactones) is 1. The number of nitrogens with zero attached hydrogens (tertiary/aromatic N) is 1. The molecule has 1 fully saturated rings. The Hall–Kier alpha value is -4.70. The average Bonchev–Trinajstić information content (AvgIpc) is 3.27. The lowest BCUT2D eigenvalue weighted by molar-refractivity contribution is -0.146. The molecular weight excluding hydrogens is 672 g/mol. The van der Waals surface area contributed by atoms with Crippen LogP contribution in [-0.4, -0.2) is 43.3 Å². The molecule has 2 atom stereocenters. The van der Waals surface area contributed by atoms with Crippen LogP contribution < -0.4 is 9.47 Å². The quantitative estimate of drug-likeness (QED) is 0.165. The number of hydrogen-bond donors (Lipinski definition) is 0. The fourth-order valence-corrected chi connectivity index (χ4v) is 5.01. The zero-order valence-electron chi connectivity index (χ0n) is 25.1. The normalized spacial score (nSPS) is 16.9. The van der Waals surface area contributed by atoms with Gasteiger partial charge in [0.15, 0.2) is 18.2 Å². The number of ether oxygens (including phenoxy) is 4. The van der Waals surface area contributed by atoms with Crippen molar-refractivity contribution in [3.63, 3.8) is 0 Å². The van der Waals surface area contributed by atoms with E-state index in [-0.39, 0.29) is 35.1 Å². The second kappa shape index (κ2) is 13.4. The van der Waals surface area contributed by atoms with E-state index in [0.29, 0.717) is 24.3 Å². The van der Waals surface area contributed by atoms with E-state index in [1.807, 2.05) is 0 Å². The molecule has 1 saturated heterocycles. The van der Waals surface area contributed by atoms with Crippen LogP contribution in [0.15, 0.2) is 48.5 Å². The lowest BCUT2D eigenvalue weighted by Gasteiger charge is -2.24. The van der Waals surface area contributed by atoms with Crippen molar-refractivity contribution in [1.82, 2.24) is 4.90 Å². The zero-order chi connectivity index (χ0) is 35.8. The van der Waals surface area contributed by atoms with Gasteiger partial charge >= 0.3 is 30.6 Å². The fraction of sp³-hybridized carbons (Fsp3) is 0.355. The van der Waals surface area contributed by atoms with Gasteiger partial charge in [0.25, 0.3) is 0 Å². The second-order valence-electron chi connectivity index (χ2n) is 10.5. The van der Waals surface area contributed by atoms with E-state index in [2.05, 4.69) is 0 Å². The lowest BCUT2D eigenvalue weighted by Crippen LogP contribution is -2.32. The number of hydrogen-bond acceptors (Lipinski definition) is 6. The minimum Gasteiger partial charge on any atom is -0.496 e. The predicted octanol–water partition coefficient (Wildman–Crippen LogP) is 8.58. The number of carbonyl (C=O) groups excluding carboxylic acids is 2. The molecule has 0 aromatic heterocycles. The molecule has 0 aliphatic carbocycles. The van der Waals surface area contributed by atoms with E-state index < -0.39 is 89.7 Å². The number of esters is 1.